The molecule has 0 aromatic heterocycles. The van der Waals surface area contributed by atoms with Gasteiger partial charge in [0.05, 0.1) is 0 Å². The van der Waals surface area contributed by atoms with Crippen molar-refractivity contribution in [3.05, 3.63) is 0 Å². The van der Waals surface area contributed by atoms with Crippen molar-refractivity contribution in [1.82, 2.24) is 4.90 Å². The van der Waals surface area contributed by atoms with Crippen LogP contribution >= 0.6 is 0 Å². The van der Waals surface area contributed by atoms with Gasteiger partial charge in [0.25, 0.3) is 0 Å². The number of carbonyl (C=O) groups is 1. The lowest BCUT2D eigenvalue weighted by atomic mass is 9.92. The van der Waals surface area contributed by atoms with Crippen molar-refractivity contribution < 1.29 is 14.7 Å². The third kappa shape index (κ3) is 5.38. The van der Waals surface area contributed by atoms with Crippen molar-refractivity contribution in [1.29, 1.82) is 0 Å². The summed E-state index contributed by atoms with van der Waals surface area (Å²) in [7, 11) is 0. The molecule has 1 fully saturated rings. The van der Waals surface area contributed by atoms with Crippen LogP contribution in [0, 0.1) is 5.92 Å². The zero-order valence-corrected chi connectivity index (χ0v) is 11.6. The molecule has 0 atom stereocenters. The first-order valence-corrected chi connectivity index (χ1v) is 6.56. The maximum Gasteiger partial charge on any atom is 0.410 e. The summed E-state index contributed by atoms with van der Waals surface area (Å²) in [6.07, 6.45) is 5.13. The SMILES string of the molecule is CC(C)(C)OC(=O)N1CCC(CC/C=N\O)CC1. The Bertz CT molecular complexity index is 289. The second-order valence-electron chi connectivity index (χ2n) is 5.79. The van der Waals surface area contributed by atoms with Crippen molar-refractivity contribution in [3.8, 4) is 0 Å². The van der Waals surface area contributed by atoms with Crippen molar-refractivity contribution in [2.45, 2.75) is 52.1 Å². The fourth-order valence-electron chi connectivity index (χ4n) is 2.10. The molecule has 0 radical (unpaired) electrons. The fraction of sp³-hybridized carbons (Fsp3) is 0.846. The van der Waals surface area contributed by atoms with Crippen molar-refractivity contribution >= 4 is 12.3 Å². The Morgan fingerprint density at radius 3 is 2.56 bits per heavy atom. The summed E-state index contributed by atoms with van der Waals surface area (Å²) in [5, 5.41) is 11.3. The van der Waals surface area contributed by atoms with Crippen LogP contribution in [0.3, 0.4) is 0 Å². The van der Waals surface area contributed by atoms with Gasteiger partial charge in [0.1, 0.15) is 5.60 Å². The van der Waals surface area contributed by atoms with E-state index in [-0.39, 0.29) is 6.09 Å². The molecule has 1 aliphatic heterocycles. The lowest BCUT2D eigenvalue weighted by molar-refractivity contribution is 0.0182. The first kappa shape index (κ1) is 14.8. The summed E-state index contributed by atoms with van der Waals surface area (Å²) < 4.78 is 5.34. The number of hydrogen-bond acceptors (Lipinski definition) is 4. The van der Waals surface area contributed by atoms with E-state index < -0.39 is 5.60 Å². The molecule has 0 aromatic rings. The first-order valence-electron chi connectivity index (χ1n) is 6.56. The summed E-state index contributed by atoms with van der Waals surface area (Å²) in [4.78, 5) is 13.6. The van der Waals surface area contributed by atoms with E-state index in [9.17, 15) is 4.79 Å². The highest BCUT2D eigenvalue weighted by molar-refractivity contribution is 5.68. The molecular weight excluding hydrogens is 232 g/mol. The van der Waals surface area contributed by atoms with Gasteiger partial charge in [-0.15, -0.1) is 5.16 Å². The van der Waals surface area contributed by atoms with E-state index in [1.54, 1.807) is 4.90 Å². The molecule has 0 saturated carbocycles. The lowest BCUT2D eigenvalue weighted by Gasteiger charge is -2.33. The smallest absolute Gasteiger partial charge is 0.410 e. The van der Waals surface area contributed by atoms with Crippen molar-refractivity contribution in [2.24, 2.45) is 11.1 Å². The molecule has 1 N–H and O–H groups in total. The van der Waals surface area contributed by atoms with E-state index >= 15 is 0 Å². The molecule has 1 rings (SSSR count). The van der Waals surface area contributed by atoms with Crippen molar-refractivity contribution in [2.75, 3.05) is 13.1 Å². The number of likely N-dealkylation sites (tertiary alicyclic amines) is 1. The monoisotopic (exact) mass is 256 g/mol. The highest BCUT2D eigenvalue weighted by atomic mass is 16.6. The number of carbonyl (C=O) groups excluding carboxylic acids is 1. The molecule has 1 saturated heterocycles. The molecule has 1 aliphatic rings. The highest BCUT2D eigenvalue weighted by Gasteiger charge is 2.26. The zero-order chi connectivity index (χ0) is 13.6. The summed E-state index contributed by atoms with van der Waals surface area (Å²) in [5.41, 5.74) is -0.425. The van der Waals surface area contributed by atoms with Crippen LogP contribution in [0.1, 0.15) is 46.5 Å². The standard InChI is InChI=1S/C13H24N2O3/c1-13(2,3)18-12(16)15-9-6-11(7-10-15)5-4-8-14-17/h8,11,17H,4-7,9-10H2,1-3H3/b14-8-. The topological polar surface area (TPSA) is 62.1 Å². The van der Waals surface area contributed by atoms with Crippen LogP contribution in [-0.2, 0) is 4.74 Å². The Hall–Kier alpha value is -1.26. The first-order chi connectivity index (χ1) is 8.42. The second-order valence-corrected chi connectivity index (χ2v) is 5.79. The molecule has 0 unspecified atom stereocenters. The Morgan fingerprint density at radius 2 is 2.06 bits per heavy atom. The Kier molecular flexibility index (Phi) is 5.44. The predicted octanol–water partition coefficient (Wildman–Crippen LogP) is 2.87. The van der Waals surface area contributed by atoms with Gasteiger partial charge in [-0.3, -0.25) is 0 Å². The number of rotatable bonds is 3. The number of oxime groups is 1. The fourth-order valence-corrected chi connectivity index (χ4v) is 2.10. The lowest BCUT2D eigenvalue weighted by Crippen LogP contribution is -2.41. The third-order valence-corrected chi connectivity index (χ3v) is 3.05. The van der Waals surface area contributed by atoms with Gasteiger partial charge in [-0.25, -0.2) is 4.79 Å². The van der Waals surface area contributed by atoms with Crippen LogP contribution < -0.4 is 0 Å². The van der Waals surface area contributed by atoms with E-state index in [0.29, 0.717) is 5.92 Å². The van der Waals surface area contributed by atoms with Gasteiger partial charge in [0.2, 0.25) is 0 Å². The predicted molar refractivity (Wildman–Crippen MR) is 70.0 cm³/mol. The normalized spacial score (nSPS) is 18.3. The molecule has 0 aliphatic carbocycles. The van der Waals surface area contributed by atoms with Crippen LogP contribution in [-0.4, -0.2) is 41.1 Å². The Morgan fingerprint density at radius 1 is 1.44 bits per heavy atom. The van der Waals surface area contributed by atoms with Gasteiger partial charge in [-0.1, -0.05) is 0 Å². The van der Waals surface area contributed by atoms with E-state index in [2.05, 4.69) is 5.16 Å². The number of piperidine rings is 1. The number of amides is 1. The van der Waals surface area contributed by atoms with E-state index in [4.69, 9.17) is 9.94 Å². The van der Waals surface area contributed by atoms with Gasteiger partial charge in [-0.2, -0.15) is 0 Å². The molecule has 104 valence electrons. The molecule has 0 aromatic carbocycles. The van der Waals surface area contributed by atoms with Gasteiger partial charge >= 0.3 is 6.09 Å². The van der Waals surface area contributed by atoms with Crippen LogP contribution in [0.25, 0.3) is 0 Å². The largest absolute Gasteiger partial charge is 0.444 e. The third-order valence-electron chi connectivity index (χ3n) is 3.05. The minimum Gasteiger partial charge on any atom is -0.444 e. The molecule has 0 spiro atoms. The Labute approximate surface area is 109 Å². The minimum absolute atomic E-state index is 0.210. The number of hydrogen-bond donors (Lipinski definition) is 1. The molecule has 5 heteroatoms. The van der Waals surface area contributed by atoms with Crippen LogP contribution in [0.2, 0.25) is 0 Å². The number of ether oxygens (including phenoxy) is 1. The maximum absolute atomic E-state index is 11.8. The van der Waals surface area contributed by atoms with Gasteiger partial charge < -0.3 is 14.8 Å². The van der Waals surface area contributed by atoms with E-state index in [0.717, 1.165) is 38.8 Å². The maximum atomic E-state index is 11.8. The van der Waals surface area contributed by atoms with E-state index in [1.807, 2.05) is 20.8 Å². The summed E-state index contributed by atoms with van der Waals surface area (Å²) in [6, 6.07) is 0. The molecular formula is C13H24N2O3. The van der Waals surface area contributed by atoms with Crippen LogP contribution in [0.15, 0.2) is 5.16 Å². The Balaban J connectivity index is 2.28. The quantitative estimate of drug-likeness (QED) is 0.480. The second kappa shape index (κ2) is 6.61. The number of nitrogens with zero attached hydrogens (tertiary/aromatic N) is 2. The average molecular weight is 256 g/mol. The molecule has 1 heterocycles. The molecule has 18 heavy (non-hydrogen) atoms. The summed E-state index contributed by atoms with van der Waals surface area (Å²) in [6.45, 7) is 7.16. The van der Waals surface area contributed by atoms with Gasteiger partial charge in [0, 0.05) is 19.3 Å². The molecule has 1 amide bonds. The zero-order valence-electron chi connectivity index (χ0n) is 11.6. The van der Waals surface area contributed by atoms with Crippen molar-refractivity contribution in [3.63, 3.8) is 0 Å². The summed E-state index contributed by atoms with van der Waals surface area (Å²) >= 11 is 0. The summed E-state index contributed by atoms with van der Waals surface area (Å²) in [5.74, 6) is 0.613. The average Bonchev–Trinajstić information content (AvgIpc) is 2.28. The van der Waals surface area contributed by atoms with E-state index in [1.165, 1.54) is 6.21 Å². The molecule has 5 nitrogen and oxygen atoms in total. The van der Waals surface area contributed by atoms with Gasteiger partial charge in [-0.05, 0) is 52.4 Å². The minimum atomic E-state index is -0.425. The molecule has 0 bridgehead atoms. The van der Waals surface area contributed by atoms with Gasteiger partial charge in [0.15, 0.2) is 0 Å². The highest BCUT2D eigenvalue weighted by Crippen LogP contribution is 2.22. The van der Waals surface area contributed by atoms with Crippen LogP contribution in [0.5, 0.6) is 0 Å². The van der Waals surface area contributed by atoms with Crippen LogP contribution in [0.4, 0.5) is 4.79 Å².